The third-order valence-electron chi connectivity index (χ3n) is 2.75. The van der Waals surface area contributed by atoms with Crippen LogP contribution in [-0.2, 0) is 10.9 Å². The molecule has 0 N–H and O–H groups in total. The zero-order chi connectivity index (χ0) is 8.93. The molecule has 1 atom stereocenters. The van der Waals surface area contributed by atoms with Gasteiger partial charge >= 0.3 is 0 Å². The topological polar surface area (TPSA) is 0 Å². The van der Waals surface area contributed by atoms with Crippen LogP contribution < -0.4 is 0 Å². The van der Waals surface area contributed by atoms with Gasteiger partial charge < -0.3 is 0 Å². The van der Waals surface area contributed by atoms with Gasteiger partial charge in [-0.2, -0.15) is 0 Å². The van der Waals surface area contributed by atoms with Gasteiger partial charge in [-0.3, -0.25) is 0 Å². The highest BCUT2D eigenvalue weighted by molar-refractivity contribution is 8.15. The molecule has 13 heavy (non-hydrogen) atoms. The van der Waals surface area contributed by atoms with E-state index in [9.17, 15) is 0 Å². The van der Waals surface area contributed by atoms with Crippen molar-refractivity contribution in [2.75, 3.05) is 22.3 Å². The summed E-state index contributed by atoms with van der Waals surface area (Å²) in [7, 11) is 0.752. The molecule has 0 bridgehead atoms. The van der Waals surface area contributed by atoms with E-state index in [1.165, 1.54) is 54.4 Å². The van der Waals surface area contributed by atoms with Gasteiger partial charge in [0, 0.05) is 23.1 Å². The van der Waals surface area contributed by atoms with Gasteiger partial charge in [0.05, 0.1) is 0 Å². The van der Waals surface area contributed by atoms with Gasteiger partial charge in [-0.05, 0) is 31.3 Å². The average molecular weight is 215 g/mol. The molecule has 2 heteroatoms. The zero-order valence-corrected chi connectivity index (χ0v) is 9.89. The fraction of sp³-hybridized carbons (Fsp3) is 0.818. The van der Waals surface area contributed by atoms with Crippen LogP contribution in [0, 0.1) is 0 Å². The Morgan fingerprint density at radius 2 is 2.31 bits per heavy atom. The second-order valence-corrected chi connectivity index (χ2v) is 7.63. The Hall–Kier alpha value is 0.440. The summed E-state index contributed by atoms with van der Waals surface area (Å²) in [4.78, 5) is 0. The molecule has 0 nitrogen and oxygen atoms in total. The normalized spacial score (nSPS) is 29.8. The lowest BCUT2D eigenvalue weighted by molar-refractivity contribution is 0.703. The van der Waals surface area contributed by atoms with Crippen LogP contribution in [0.2, 0.25) is 0 Å². The minimum Gasteiger partial charge on any atom is -0.109 e. The van der Waals surface area contributed by atoms with Crippen molar-refractivity contribution in [3.8, 4) is 0 Å². The lowest BCUT2D eigenvalue weighted by atomic mass is 10.0. The molecular formula is C11H19S2+. The van der Waals surface area contributed by atoms with Crippen LogP contribution in [0.5, 0.6) is 0 Å². The molecule has 1 aliphatic carbocycles. The highest BCUT2D eigenvalue weighted by Crippen LogP contribution is 2.24. The predicted molar refractivity (Wildman–Crippen MR) is 65.6 cm³/mol. The molecule has 0 amide bonds. The first-order valence-electron chi connectivity index (χ1n) is 5.35. The summed E-state index contributed by atoms with van der Waals surface area (Å²) in [5, 5.41) is 1.46. The molecule has 0 spiro atoms. The van der Waals surface area contributed by atoms with Crippen molar-refractivity contribution in [3.05, 3.63) is 11.6 Å². The maximum absolute atomic E-state index is 2.52. The van der Waals surface area contributed by atoms with E-state index in [-0.39, 0.29) is 0 Å². The molecule has 2 aliphatic rings. The van der Waals surface area contributed by atoms with E-state index in [0.717, 1.165) is 10.9 Å². The number of hydrogen-bond donors (Lipinski definition) is 0. The molecule has 2 rings (SSSR count). The maximum atomic E-state index is 2.52. The van der Waals surface area contributed by atoms with Crippen LogP contribution >= 0.6 is 11.8 Å². The molecule has 0 radical (unpaired) electrons. The van der Waals surface area contributed by atoms with Crippen LogP contribution in [0.4, 0.5) is 0 Å². The second kappa shape index (κ2) is 5.35. The number of hydrogen-bond acceptors (Lipinski definition) is 1. The van der Waals surface area contributed by atoms with Gasteiger partial charge in [0.25, 0.3) is 0 Å². The van der Waals surface area contributed by atoms with Gasteiger partial charge in [0.1, 0.15) is 11.5 Å². The zero-order valence-electron chi connectivity index (χ0n) is 8.26. The van der Waals surface area contributed by atoms with E-state index in [1.807, 2.05) is 0 Å². The van der Waals surface area contributed by atoms with Crippen molar-refractivity contribution < 1.29 is 0 Å². The molecule has 1 saturated heterocycles. The third-order valence-corrected chi connectivity index (χ3v) is 6.97. The van der Waals surface area contributed by atoms with Crippen LogP contribution in [0.15, 0.2) is 11.6 Å². The van der Waals surface area contributed by atoms with Crippen LogP contribution in [0.1, 0.15) is 32.1 Å². The first-order chi connectivity index (χ1) is 6.45. The smallest absolute Gasteiger partial charge is 0.109 e. The van der Waals surface area contributed by atoms with Crippen molar-refractivity contribution in [1.29, 1.82) is 0 Å². The second-order valence-electron chi connectivity index (χ2n) is 3.95. The van der Waals surface area contributed by atoms with Gasteiger partial charge in [0.2, 0.25) is 0 Å². The fourth-order valence-corrected chi connectivity index (χ4v) is 6.25. The van der Waals surface area contributed by atoms with Crippen LogP contribution in [-0.4, -0.2) is 22.3 Å². The lowest BCUT2D eigenvalue weighted by Crippen LogP contribution is -2.21. The first kappa shape index (κ1) is 9.97. The standard InChI is InChI=1S/C11H19S2/c1-2-5-11(6-3-1)9-13-8-4-7-12-10-13/h5H,1-4,6-10H2/q+1. The average Bonchev–Trinajstić information content (AvgIpc) is 2.21. The highest BCUT2D eigenvalue weighted by Gasteiger charge is 2.23. The predicted octanol–water partition coefficient (Wildman–Crippen LogP) is 3.20. The molecule has 1 heterocycles. The molecule has 0 saturated carbocycles. The van der Waals surface area contributed by atoms with Crippen LogP contribution in [0.3, 0.4) is 0 Å². The number of allylic oxidation sites excluding steroid dienone is 1. The molecule has 1 unspecified atom stereocenters. The Labute approximate surface area is 88.9 Å². The highest BCUT2D eigenvalue weighted by atomic mass is 32.2. The summed E-state index contributed by atoms with van der Waals surface area (Å²) in [6.45, 7) is 0. The third kappa shape index (κ3) is 3.25. The van der Waals surface area contributed by atoms with Gasteiger partial charge in [-0.25, -0.2) is 0 Å². The first-order valence-corrected chi connectivity index (χ1v) is 8.23. The number of thioether (sulfide) groups is 1. The quantitative estimate of drug-likeness (QED) is 0.503. The molecular weight excluding hydrogens is 196 g/mol. The summed E-state index contributed by atoms with van der Waals surface area (Å²) < 4.78 is 0. The summed E-state index contributed by atoms with van der Waals surface area (Å²) in [6, 6.07) is 0. The van der Waals surface area contributed by atoms with Gasteiger partial charge in [0.15, 0.2) is 5.08 Å². The van der Waals surface area contributed by atoms with E-state index in [1.54, 1.807) is 5.57 Å². The van der Waals surface area contributed by atoms with Gasteiger partial charge in [-0.15, -0.1) is 11.8 Å². The Kier molecular flexibility index (Phi) is 4.11. The van der Waals surface area contributed by atoms with Crippen molar-refractivity contribution in [2.24, 2.45) is 0 Å². The molecule has 0 aromatic rings. The van der Waals surface area contributed by atoms with Crippen molar-refractivity contribution >= 4 is 22.7 Å². The van der Waals surface area contributed by atoms with Crippen molar-refractivity contribution in [3.63, 3.8) is 0 Å². The van der Waals surface area contributed by atoms with E-state index in [4.69, 9.17) is 0 Å². The van der Waals surface area contributed by atoms with E-state index < -0.39 is 0 Å². The summed E-state index contributed by atoms with van der Waals surface area (Å²) in [5.41, 5.74) is 1.79. The molecule has 74 valence electrons. The van der Waals surface area contributed by atoms with E-state index in [2.05, 4.69) is 17.8 Å². The van der Waals surface area contributed by atoms with E-state index >= 15 is 0 Å². The lowest BCUT2D eigenvalue weighted by Gasteiger charge is -2.16. The minimum atomic E-state index is 0.752. The summed E-state index contributed by atoms with van der Waals surface area (Å²) in [6.07, 6.45) is 9.66. The van der Waals surface area contributed by atoms with Crippen LogP contribution in [0.25, 0.3) is 0 Å². The Balaban J connectivity index is 1.78. The maximum Gasteiger partial charge on any atom is 0.153 e. The largest absolute Gasteiger partial charge is 0.153 e. The fourth-order valence-electron chi connectivity index (χ4n) is 2.01. The summed E-state index contributed by atoms with van der Waals surface area (Å²) in [5.74, 6) is 4.39. The minimum absolute atomic E-state index is 0.752. The summed E-state index contributed by atoms with van der Waals surface area (Å²) >= 11 is 2.18. The Morgan fingerprint density at radius 3 is 3.00 bits per heavy atom. The number of rotatable bonds is 2. The molecule has 0 aromatic carbocycles. The SMILES string of the molecule is C1=C(C[S+]2CCCSC2)CCCC1. The molecule has 1 fully saturated rings. The Morgan fingerprint density at radius 1 is 1.31 bits per heavy atom. The monoisotopic (exact) mass is 215 g/mol. The van der Waals surface area contributed by atoms with E-state index in [0.29, 0.717) is 0 Å². The Bertz CT molecular complexity index is 181. The van der Waals surface area contributed by atoms with Gasteiger partial charge in [-0.1, -0.05) is 6.08 Å². The van der Waals surface area contributed by atoms with Crippen molar-refractivity contribution in [2.45, 2.75) is 32.1 Å². The van der Waals surface area contributed by atoms with Crippen molar-refractivity contribution in [1.82, 2.24) is 0 Å². The molecule has 0 aromatic heterocycles. The molecule has 1 aliphatic heterocycles.